The third-order valence-electron chi connectivity index (χ3n) is 4.41. The van der Waals surface area contributed by atoms with Gasteiger partial charge in [-0.25, -0.2) is 0 Å². The van der Waals surface area contributed by atoms with E-state index in [1.807, 2.05) is 22.4 Å². The van der Waals surface area contributed by atoms with Crippen LogP contribution in [0.1, 0.15) is 60.7 Å². The highest BCUT2D eigenvalue weighted by molar-refractivity contribution is 7.10. The summed E-state index contributed by atoms with van der Waals surface area (Å²) in [6, 6.07) is 3.96. The Kier molecular flexibility index (Phi) is 3.70. The van der Waals surface area contributed by atoms with Crippen molar-refractivity contribution < 1.29 is 9.32 Å². The average Bonchev–Trinajstić information content (AvgIpc) is 3.06. The van der Waals surface area contributed by atoms with Crippen LogP contribution in [0.25, 0.3) is 0 Å². The molecule has 1 aliphatic carbocycles. The largest absolute Gasteiger partial charge is 0.337 e. The predicted octanol–water partition coefficient (Wildman–Crippen LogP) is 3.30. The number of carbonyl (C=O) groups is 1. The molecule has 3 heterocycles. The molecule has 1 amide bonds. The molecule has 1 saturated carbocycles. The zero-order valence-corrected chi connectivity index (χ0v) is 13.2. The van der Waals surface area contributed by atoms with Crippen molar-refractivity contribution in [3.63, 3.8) is 0 Å². The summed E-state index contributed by atoms with van der Waals surface area (Å²) >= 11 is 1.63. The first-order valence-corrected chi connectivity index (χ1v) is 8.84. The number of hydrogen-bond donors (Lipinski definition) is 0. The molecule has 0 spiro atoms. The molecule has 0 unspecified atom stereocenters. The van der Waals surface area contributed by atoms with Crippen LogP contribution in [0, 0.1) is 0 Å². The Morgan fingerprint density at radius 1 is 1.36 bits per heavy atom. The molecule has 116 valence electrons. The molecule has 1 aliphatic heterocycles. The van der Waals surface area contributed by atoms with E-state index in [0.717, 1.165) is 49.4 Å². The number of carbonyl (C=O) groups excluding carboxylic acids is 1. The van der Waals surface area contributed by atoms with Crippen molar-refractivity contribution >= 4 is 17.2 Å². The van der Waals surface area contributed by atoms with Crippen LogP contribution in [-0.2, 0) is 11.2 Å². The van der Waals surface area contributed by atoms with Crippen molar-refractivity contribution in [2.75, 3.05) is 6.54 Å². The lowest BCUT2D eigenvalue weighted by Crippen LogP contribution is -2.39. The number of likely N-dealkylation sites (tertiary alicyclic amines) is 1. The molecule has 22 heavy (non-hydrogen) atoms. The van der Waals surface area contributed by atoms with Crippen molar-refractivity contribution in [1.29, 1.82) is 0 Å². The minimum Gasteiger partial charge on any atom is -0.337 e. The molecule has 2 aromatic rings. The second kappa shape index (κ2) is 5.83. The number of thiophene rings is 1. The Morgan fingerprint density at radius 2 is 2.27 bits per heavy atom. The third kappa shape index (κ3) is 2.79. The molecule has 1 atom stereocenters. The molecular weight excluding hydrogens is 298 g/mol. The number of piperidine rings is 1. The lowest BCUT2D eigenvalue weighted by molar-refractivity contribution is -0.134. The minimum atomic E-state index is -0.0405. The van der Waals surface area contributed by atoms with E-state index in [9.17, 15) is 4.79 Å². The number of rotatable bonds is 4. The molecule has 2 aromatic heterocycles. The Balaban J connectivity index is 1.51. The predicted molar refractivity (Wildman–Crippen MR) is 82.6 cm³/mol. The molecule has 0 aromatic carbocycles. The van der Waals surface area contributed by atoms with Gasteiger partial charge < -0.3 is 9.42 Å². The van der Waals surface area contributed by atoms with Crippen LogP contribution in [0.5, 0.6) is 0 Å². The van der Waals surface area contributed by atoms with Gasteiger partial charge in [0.2, 0.25) is 11.8 Å². The van der Waals surface area contributed by atoms with Crippen molar-refractivity contribution in [2.45, 2.75) is 50.5 Å². The maximum atomic E-state index is 12.6. The van der Waals surface area contributed by atoms with E-state index in [2.05, 4.69) is 10.1 Å². The van der Waals surface area contributed by atoms with Gasteiger partial charge in [-0.05, 0) is 43.6 Å². The summed E-state index contributed by atoms with van der Waals surface area (Å²) in [7, 11) is 0. The fourth-order valence-electron chi connectivity index (χ4n) is 3.04. The first kappa shape index (κ1) is 13.9. The van der Waals surface area contributed by atoms with Crippen LogP contribution in [0.2, 0.25) is 0 Å². The fourth-order valence-corrected chi connectivity index (χ4v) is 3.74. The van der Waals surface area contributed by atoms with Gasteiger partial charge in [0.25, 0.3) is 0 Å². The van der Waals surface area contributed by atoms with Crippen LogP contribution < -0.4 is 0 Å². The normalized spacial score (nSPS) is 22.0. The van der Waals surface area contributed by atoms with Crippen LogP contribution in [-0.4, -0.2) is 27.5 Å². The van der Waals surface area contributed by atoms with E-state index in [1.54, 1.807) is 11.3 Å². The van der Waals surface area contributed by atoms with Crippen molar-refractivity contribution in [1.82, 2.24) is 15.0 Å². The molecule has 2 fully saturated rings. The van der Waals surface area contributed by atoms with Gasteiger partial charge in [0, 0.05) is 17.3 Å². The third-order valence-corrected chi connectivity index (χ3v) is 5.29. The topological polar surface area (TPSA) is 59.2 Å². The van der Waals surface area contributed by atoms with Gasteiger partial charge in [0.1, 0.15) is 6.04 Å². The second-order valence-electron chi connectivity index (χ2n) is 6.12. The lowest BCUT2D eigenvalue weighted by Gasteiger charge is -2.33. The molecule has 4 rings (SSSR count). The zero-order valence-electron chi connectivity index (χ0n) is 12.4. The van der Waals surface area contributed by atoms with Crippen molar-refractivity contribution in [2.24, 2.45) is 0 Å². The van der Waals surface area contributed by atoms with E-state index in [4.69, 9.17) is 4.52 Å². The second-order valence-corrected chi connectivity index (χ2v) is 7.15. The summed E-state index contributed by atoms with van der Waals surface area (Å²) in [5.74, 6) is 2.10. The summed E-state index contributed by atoms with van der Waals surface area (Å²) in [6.45, 7) is 0.788. The molecular formula is C16H19N3O2S. The van der Waals surface area contributed by atoms with Gasteiger partial charge in [0.05, 0.1) is 6.42 Å². The van der Waals surface area contributed by atoms with E-state index in [1.165, 1.54) is 0 Å². The van der Waals surface area contributed by atoms with Crippen LogP contribution in [0.4, 0.5) is 0 Å². The number of aromatic nitrogens is 2. The van der Waals surface area contributed by atoms with Crippen LogP contribution >= 0.6 is 11.3 Å². The Labute approximate surface area is 133 Å². The highest BCUT2D eigenvalue weighted by atomic mass is 32.1. The fraction of sp³-hybridized carbons (Fsp3) is 0.562. The Bertz CT molecular complexity index is 648. The maximum Gasteiger partial charge on any atom is 0.249 e. The van der Waals surface area contributed by atoms with E-state index in [0.29, 0.717) is 18.2 Å². The van der Waals surface area contributed by atoms with Gasteiger partial charge in [-0.2, -0.15) is 4.98 Å². The average molecular weight is 317 g/mol. The summed E-state index contributed by atoms with van der Waals surface area (Å²) in [4.78, 5) is 20.2. The van der Waals surface area contributed by atoms with Crippen LogP contribution in [0.3, 0.4) is 0 Å². The van der Waals surface area contributed by atoms with Gasteiger partial charge in [0.15, 0.2) is 5.82 Å². The zero-order chi connectivity index (χ0) is 14.9. The van der Waals surface area contributed by atoms with Crippen molar-refractivity contribution in [3.8, 4) is 0 Å². The summed E-state index contributed by atoms with van der Waals surface area (Å²) in [5, 5.41) is 6.11. The monoisotopic (exact) mass is 317 g/mol. The van der Waals surface area contributed by atoms with Gasteiger partial charge in [-0.3, -0.25) is 4.79 Å². The molecule has 2 aliphatic rings. The quantitative estimate of drug-likeness (QED) is 0.868. The van der Waals surface area contributed by atoms with Gasteiger partial charge in [-0.15, -0.1) is 11.3 Å². The Morgan fingerprint density at radius 3 is 3.05 bits per heavy atom. The van der Waals surface area contributed by atoms with Gasteiger partial charge in [-0.1, -0.05) is 11.2 Å². The van der Waals surface area contributed by atoms with E-state index in [-0.39, 0.29) is 11.9 Å². The highest BCUT2D eigenvalue weighted by Gasteiger charge is 2.34. The molecule has 5 nitrogen and oxygen atoms in total. The molecule has 6 heteroatoms. The molecule has 0 N–H and O–H groups in total. The summed E-state index contributed by atoms with van der Waals surface area (Å²) in [5.41, 5.74) is 0. The lowest BCUT2D eigenvalue weighted by atomic mass is 10.0. The number of amides is 1. The van der Waals surface area contributed by atoms with Crippen molar-refractivity contribution in [3.05, 3.63) is 34.1 Å². The molecule has 1 saturated heterocycles. The maximum absolute atomic E-state index is 12.6. The Hall–Kier alpha value is -1.69. The summed E-state index contributed by atoms with van der Waals surface area (Å²) < 4.78 is 5.47. The minimum absolute atomic E-state index is 0.0405. The SMILES string of the molecule is O=C(Cc1cccs1)N1CCCC[C@H]1c1nc(C2CC2)no1. The van der Waals surface area contributed by atoms with E-state index < -0.39 is 0 Å². The first-order valence-electron chi connectivity index (χ1n) is 7.96. The molecule has 0 bridgehead atoms. The standard InChI is InChI=1S/C16H19N3O2S/c20-14(10-12-4-3-9-22-12)19-8-2-1-5-13(19)16-17-15(18-21-16)11-6-7-11/h3-4,9,11,13H,1-2,5-8,10H2/t13-/m0/s1. The van der Waals surface area contributed by atoms with Gasteiger partial charge >= 0.3 is 0 Å². The smallest absolute Gasteiger partial charge is 0.249 e. The number of nitrogens with zero attached hydrogens (tertiary/aromatic N) is 3. The van der Waals surface area contributed by atoms with Crippen LogP contribution in [0.15, 0.2) is 22.0 Å². The molecule has 0 radical (unpaired) electrons. The highest BCUT2D eigenvalue weighted by Crippen LogP contribution is 2.39. The summed E-state index contributed by atoms with van der Waals surface area (Å²) in [6.07, 6.45) is 5.86. The first-order chi connectivity index (χ1) is 10.8. The van der Waals surface area contributed by atoms with E-state index >= 15 is 0 Å². The number of hydrogen-bond acceptors (Lipinski definition) is 5.